The van der Waals surface area contributed by atoms with Crippen molar-refractivity contribution in [3.8, 4) is 0 Å². The zero-order chi connectivity index (χ0) is 11.5. The van der Waals surface area contributed by atoms with E-state index in [0.29, 0.717) is 18.9 Å². The van der Waals surface area contributed by atoms with Crippen molar-refractivity contribution in [3.05, 3.63) is 24.0 Å². The maximum Gasteiger partial charge on any atom is 0.228 e. The highest BCUT2D eigenvalue weighted by molar-refractivity contribution is 5.78. The van der Waals surface area contributed by atoms with Crippen LogP contribution in [0.2, 0.25) is 0 Å². The molecule has 2 N–H and O–H groups in total. The molecule has 0 radical (unpaired) electrons. The number of carbonyl (C=O) groups excluding carboxylic acids is 1. The molecule has 0 spiro atoms. The average Bonchev–Trinajstić information content (AvgIpc) is 2.74. The molecule has 1 amide bonds. The first-order valence-electron chi connectivity index (χ1n) is 5.75. The molecule has 16 heavy (non-hydrogen) atoms. The van der Waals surface area contributed by atoms with Gasteiger partial charge in [0.25, 0.3) is 0 Å². The molecule has 4 nitrogen and oxygen atoms in total. The lowest BCUT2D eigenvalue weighted by molar-refractivity contribution is -0.134. The van der Waals surface area contributed by atoms with Gasteiger partial charge in [-0.2, -0.15) is 0 Å². The molecular formula is C12H18N2O2. The zero-order valence-electron chi connectivity index (χ0n) is 9.52. The second-order valence-electron chi connectivity index (χ2n) is 4.55. The summed E-state index contributed by atoms with van der Waals surface area (Å²) >= 11 is 0. The number of likely N-dealkylation sites (tertiary alicyclic amines) is 1. The fraction of sp³-hybridized carbons (Fsp3) is 0.583. The van der Waals surface area contributed by atoms with Gasteiger partial charge in [0.15, 0.2) is 0 Å². The van der Waals surface area contributed by atoms with Gasteiger partial charge in [-0.1, -0.05) is 6.92 Å². The van der Waals surface area contributed by atoms with Gasteiger partial charge in [-0.15, -0.1) is 0 Å². The van der Waals surface area contributed by atoms with E-state index in [2.05, 4.69) is 4.98 Å². The molecule has 1 aromatic rings. The van der Waals surface area contributed by atoms with Crippen LogP contribution in [0.15, 0.2) is 18.3 Å². The van der Waals surface area contributed by atoms with Crippen LogP contribution in [0.3, 0.4) is 0 Å². The predicted octanol–water partition coefficient (Wildman–Crippen LogP) is 0.786. The third-order valence-corrected chi connectivity index (χ3v) is 3.28. The maximum absolute atomic E-state index is 11.9. The molecule has 2 atom stereocenters. The predicted molar refractivity (Wildman–Crippen MR) is 60.9 cm³/mol. The Kier molecular flexibility index (Phi) is 3.29. The normalized spacial score (nSPS) is 25.8. The van der Waals surface area contributed by atoms with Crippen molar-refractivity contribution in [3.63, 3.8) is 0 Å². The standard InChI is InChI=1S/C12H18N2O2/c1-9-4-6-14(8-11(9)15)12(16)7-10-3-2-5-13-10/h2-3,5,9,11,13,15H,4,6-8H2,1H3. The zero-order valence-corrected chi connectivity index (χ0v) is 9.52. The first-order chi connectivity index (χ1) is 7.66. The Morgan fingerprint density at radius 2 is 2.50 bits per heavy atom. The lowest BCUT2D eigenvalue weighted by Crippen LogP contribution is -2.46. The summed E-state index contributed by atoms with van der Waals surface area (Å²) < 4.78 is 0. The van der Waals surface area contributed by atoms with Gasteiger partial charge in [-0.05, 0) is 24.5 Å². The molecule has 2 unspecified atom stereocenters. The highest BCUT2D eigenvalue weighted by Gasteiger charge is 2.27. The van der Waals surface area contributed by atoms with E-state index in [4.69, 9.17) is 0 Å². The summed E-state index contributed by atoms with van der Waals surface area (Å²) in [5.74, 6) is 0.392. The van der Waals surface area contributed by atoms with E-state index < -0.39 is 0 Å². The van der Waals surface area contributed by atoms with Crippen molar-refractivity contribution >= 4 is 5.91 Å². The lowest BCUT2D eigenvalue weighted by Gasteiger charge is -2.34. The van der Waals surface area contributed by atoms with E-state index >= 15 is 0 Å². The van der Waals surface area contributed by atoms with Gasteiger partial charge >= 0.3 is 0 Å². The Balaban J connectivity index is 1.90. The number of aromatic nitrogens is 1. The number of hydrogen-bond acceptors (Lipinski definition) is 2. The van der Waals surface area contributed by atoms with Crippen LogP contribution in [0.1, 0.15) is 19.0 Å². The summed E-state index contributed by atoms with van der Waals surface area (Å²) in [7, 11) is 0. The molecule has 1 aromatic heterocycles. The van der Waals surface area contributed by atoms with E-state index in [1.165, 1.54) is 0 Å². The fourth-order valence-electron chi connectivity index (χ4n) is 2.03. The Morgan fingerprint density at radius 1 is 1.69 bits per heavy atom. The molecule has 0 aliphatic carbocycles. The van der Waals surface area contributed by atoms with Crippen molar-refractivity contribution in [2.45, 2.75) is 25.9 Å². The van der Waals surface area contributed by atoms with Gasteiger partial charge in [0, 0.05) is 25.0 Å². The molecule has 1 saturated heterocycles. The number of aliphatic hydroxyl groups excluding tert-OH is 1. The van der Waals surface area contributed by atoms with Gasteiger partial charge in [-0.3, -0.25) is 4.79 Å². The van der Waals surface area contributed by atoms with Gasteiger partial charge < -0.3 is 15.0 Å². The molecule has 2 rings (SSSR count). The quantitative estimate of drug-likeness (QED) is 0.777. The third kappa shape index (κ3) is 2.44. The van der Waals surface area contributed by atoms with Crippen molar-refractivity contribution in [2.75, 3.05) is 13.1 Å². The highest BCUT2D eigenvalue weighted by Crippen LogP contribution is 2.17. The Hall–Kier alpha value is -1.29. The van der Waals surface area contributed by atoms with Crippen LogP contribution in [-0.2, 0) is 11.2 Å². The summed E-state index contributed by atoms with van der Waals surface area (Å²) in [6.45, 7) is 3.26. The molecule has 1 aliphatic heterocycles. The van der Waals surface area contributed by atoms with Crippen LogP contribution in [0.4, 0.5) is 0 Å². The number of aromatic amines is 1. The Labute approximate surface area is 95.3 Å². The molecule has 2 heterocycles. The number of carbonyl (C=O) groups is 1. The highest BCUT2D eigenvalue weighted by atomic mass is 16.3. The average molecular weight is 222 g/mol. The molecule has 88 valence electrons. The summed E-state index contributed by atoms with van der Waals surface area (Å²) in [6, 6.07) is 3.79. The number of hydrogen-bond donors (Lipinski definition) is 2. The van der Waals surface area contributed by atoms with E-state index in [1.807, 2.05) is 25.3 Å². The summed E-state index contributed by atoms with van der Waals surface area (Å²) in [5, 5.41) is 9.72. The van der Waals surface area contributed by atoms with Crippen molar-refractivity contribution in [1.82, 2.24) is 9.88 Å². The summed E-state index contributed by atoms with van der Waals surface area (Å²) in [5.41, 5.74) is 0.929. The van der Waals surface area contributed by atoms with Crippen molar-refractivity contribution < 1.29 is 9.90 Å². The van der Waals surface area contributed by atoms with Crippen LogP contribution in [0.5, 0.6) is 0 Å². The van der Waals surface area contributed by atoms with Gasteiger partial charge in [0.1, 0.15) is 0 Å². The lowest BCUT2D eigenvalue weighted by atomic mass is 9.96. The van der Waals surface area contributed by atoms with Gasteiger partial charge in [0.2, 0.25) is 5.91 Å². The third-order valence-electron chi connectivity index (χ3n) is 3.28. The first-order valence-corrected chi connectivity index (χ1v) is 5.75. The second kappa shape index (κ2) is 4.70. The number of piperidine rings is 1. The number of H-pyrrole nitrogens is 1. The van der Waals surface area contributed by atoms with Crippen LogP contribution in [0, 0.1) is 5.92 Å². The number of aliphatic hydroxyl groups is 1. The summed E-state index contributed by atoms with van der Waals surface area (Å²) in [4.78, 5) is 16.7. The molecule has 0 aromatic carbocycles. The van der Waals surface area contributed by atoms with E-state index in [-0.39, 0.29) is 12.0 Å². The van der Waals surface area contributed by atoms with Gasteiger partial charge in [0.05, 0.1) is 12.5 Å². The summed E-state index contributed by atoms with van der Waals surface area (Å²) in [6.07, 6.45) is 2.72. The maximum atomic E-state index is 11.9. The fourth-order valence-corrected chi connectivity index (χ4v) is 2.03. The Bertz CT molecular complexity index is 348. The molecule has 0 bridgehead atoms. The van der Waals surface area contributed by atoms with E-state index in [9.17, 15) is 9.90 Å². The number of nitrogens with one attached hydrogen (secondary N) is 1. The minimum atomic E-state index is -0.374. The Morgan fingerprint density at radius 3 is 3.12 bits per heavy atom. The molecule has 1 aliphatic rings. The monoisotopic (exact) mass is 222 g/mol. The SMILES string of the molecule is CC1CCN(C(=O)Cc2ccc[nH]2)CC1O. The van der Waals surface area contributed by atoms with Crippen LogP contribution in [-0.4, -0.2) is 40.1 Å². The molecule has 4 heteroatoms. The molecule has 1 fully saturated rings. The number of rotatable bonds is 2. The number of β-amino-alcohol motifs (C(OH)–C–C–N with tert-alkyl or cyclic N) is 1. The topological polar surface area (TPSA) is 56.3 Å². The van der Waals surface area contributed by atoms with E-state index in [1.54, 1.807) is 4.90 Å². The minimum Gasteiger partial charge on any atom is -0.391 e. The van der Waals surface area contributed by atoms with Crippen molar-refractivity contribution in [1.29, 1.82) is 0 Å². The molecule has 0 saturated carbocycles. The van der Waals surface area contributed by atoms with Crippen LogP contribution >= 0.6 is 0 Å². The second-order valence-corrected chi connectivity index (χ2v) is 4.55. The van der Waals surface area contributed by atoms with E-state index in [0.717, 1.165) is 18.7 Å². The number of amides is 1. The molecular weight excluding hydrogens is 204 g/mol. The first kappa shape index (κ1) is 11.2. The largest absolute Gasteiger partial charge is 0.391 e. The smallest absolute Gasteiger partial charge is 0.228 e. The van der Waals surface area contributed by atoms with Crippen LogP contribution in [0.25, 0.3) is 0 Å². The van der Waals surface area contributed by atoms with Crippen molar-refractivity contribution in [2.24, 2.45) is 5.92 Å². The minimum absolute atomic E-state index is 0.0911. The van der Waals surface area contributed by atoms with Gasteiger partial charge in [-0.25, -0.2) is 0 Å². The number of nitrogens with zero attached hydrogens (tertiary/aromatic N) is 1. The van der Waals surface area contributed by atoms with Crippen LogP contribution < -0.4 is 0 Å².